The quantitative estimate of drug-likeness (QED) is 0.263. The van der Waals surface area contributed by atoms with Crippen LogP contribution in [0.5, 0.6) is 5.75 Å². The topological polar surface area (TPSA) is 42.3 Å². The number of pyridine rings is 1. The molecule has 1 fully saturated rings. The van der Waals surface area contributed by atoms with Gasteiger partial charge in [-0.3, -0.25) is 4.98 Å². The molecule has 0 radical (unpaired) electrons. The van der Waals surface area contributed by atoms with Crippen molar-refractivity contribution in [2.24, 2.45) is 0 Å². The van der Waals surface area contributed by atoms with Gasteiger partial charge in [0, 0.05) is 34.0 Å². The molecule has 0 spiro atoms. The summed E-state index contributed by atoms with van der Waals surface area (Å²) in [5, 5.41) is 4.99. The summed E-state index contributed by atoms with van der Waals surface area (Å²) in [6.07, 6.45) is 1.94. The van der Waals surface area contributed by atoms with Gasteiger partial charge in [-0.15, -0.1) is 0 Å². The number of nitrogens with one attached hydrogen (secondary N) is 1. The van der Waals surface area contributed by atoms with Crippen LogP contribution in [0.3, 0.4) is 0 Å². The molecule has 2 unspecified atom stereocenters. The van der Waals surface area contributed by atoms with Gasteiger partial charge in [0.15, 0.2) is 5.11 Å². The maximum atomic E-state index is 6.50. The van der Waals surface area contributed by atoms with Gasteiger partial charge in [-0.25, -0.2) is 0 Å². The van der Waals surface area contributed by atoms with Gasteiger partial charge in [-0.05, 0) is 113 Å². The molecule has 0 bridgehead atoms. The van der Waals surface area contributed by atoms with Crippen molar-refractivity contribution in [3.63, 3.8) is 0 Å². The van der Waals surface area contributed by atoms with Crippen molar-refractivity contribution >= 4 is 34.6 Å². The van der Waals surface area contributed by atoms with E-state index in [9.17, 15) is 0 Å². The zero-order chi connectivity index (χ0) is 26.3. The molecule has 0 aliphatic carbocycles. The van der Waals surface area contributed by atoms with E-state index in [1.165, 1.54) is 5.56 Å². The van der Waals surface area contributed by atoms with Gasteiger partial charge in [0.1, 0.15) is 5.75 Å². The Kier molecular flexibility index (Phi) is 6.97. The predicted molar refractivity (Wildman–Crippen MR) is 155 cm³/mol. The minimum Gasteiger partial charge on any atom is -0.491 e. The van der Waals surface area contributed by atoms with E-state index in [2.05, 4.69) is 65.9 Å². The Hall–Kier alpha value is -3.35. The molecular formula is C30H31ClN4OS. The van der Waals surface area contributed by atoms with Crippen LogP contribution in [0.4, 0.5) is 5.69 Å². The number of anilines is 1. The lowest BCUT2D eigenvalue weighted by Crippen LogP contribution is -2.29. The Bertz CT molecular complexity index is 1430. The molecule has 5 nitrogen and oxygen atoms in total. The molecule has 37 heavy (non-hydrogen) atoms. The standard InChI is InChI=1S/C30H31ClN4OS/c1-18(2)36-23-14-12-22(13-15-23)35-29(28(33-30(35)37)26-10-6-7-16-32-26)24-17-19(3)34(21(24)5)27-11-8-9-25(31)20(27)4/h6-18,28-29H,1-5H3,(H,33,37). The Labute approximate surface area is 229 Å². The lowest BCUT2D eigenvalue weighted by atomic mass is 9.96. The maximum absolute atomic E-state index is 6.50. The van der Waals surface area contributed by atoms with E-state index in [1.807, 2.05) is 56.4 Å². The van der Waals surface area contributed by atoms with Crippen LogP contribution in [0.25, 0.3) is 5.69 Å². The fourth-order valence-electron chi connectivity index (χ4n) is 5.20. The summed E-state index contributed by atoms with van der Waals surface area (Å²) in [4.78, 5) is 6.89. The molecule has 190 valence electrons. The van der Waals surface area contributed by atoms with Crippen molar-refractivity contribution in [3.8, 4) is 11.4 Å². The molecule has 0 saturated carbocycles. The van der Waals surface area contributed by atoms with E-state index in [4.69, 9.17) is 33.5 Å². The number of nitrogens with zero attached hydrogens (tertiary/aromatic N) is 3. The molecule has 0 amide bonds. The molecule has 4 aromatic rings. The van der Waals surface area contributed by atoms with Crippen molar-refractivity contribution in [3.05, 3.63) is 106 Å². The van der Waals surface area contributed by atoms with Gasteiger partial charge in [0.25, 0.3) is 0 Å². The first kappa shape index (κ1) is 25.3. The summed E-state index contributed by atoms with van der Waals surface area (Å²) >= 11 is 12.4. The minimum absolute atomic E-state index is 0.0984. The van der Waals surface area contributed by atoms with Crippen LogP contribution in [0.1, 0.15) is 54.1 Å². The molecule has 1 N–H and O–H groups in total. The van der Waals surface area contributed by atoms with E-state index >= 15 is 0 Å². The van der Waals surface area contributed by atoms with Crippen molar-refractivity contribution in [2.75, 3.05) is 4.90 Å². The number of aryl methyl sites for hydroxylation is 1. The summed E-state index contributed by atoms with van der Waals surface area (Å²) in [6.45, 7) is 10.4. The zero-order valence-electron chi connectivity index (χ0n) is 21.7. The first-order chi connectivity index (χ1) is 17.8. The van der Waals surface area contributed by atoms with Crippen molar-refractivity contribution < 1.29 is 4.74 Å². The van der Waals surface area contributed by atoms with E-state index in [-0.39, 0.29) is 18.2 Å². The molecule has 1 aliphatic heterocycles. The number of thiocarbonyl (C=S) groups is 1. The van der Waals surface area contributed by atoms with Crippen LogP contribution in [-0.2, 0) is 0 Å². The van der Waals surface area contributed by atoms with Crippen LogP contribution in [-0.4, -0.2) is 20.8 Å². The Morgan fingerprint density at radius 2 is 1.76 bits per heavy atom. The normalized spacial score (nSPS) is 17.4. The van der Waals surface area contributed by atoms with Crippen LogP contribution in [0, 0.1) is 20.8 Å². The number of aromatic nitrogens is 2. The average molecular weight is 531 g/mol. The van der Waals surface area contributed by atoms with E-state index < -0.39 is 0 Å². The van der Waals surface area contributed by atoms with E-state index in [1.54, 1.807) is 0 Å². The third kappa shape index (κ3) is 4.72. The molecule has 1 aliphatic rings. The van der Waals surface area contributed by atoms with Gasteiger partial charge in [0.05, 0.1) is 23.9 Å². The molecule has 2 atom stereocenters. The number of hydrogen-bond acceptors (Lipinski definition) is 3. The van der Waals surface area contributed by atoms with Gasteiger partial charge < -0.3 is 19.5 Å². The van der Waals surface area contributed by atoms with Crippen LogP contribution in [0.15, 0.2) is 72.9 Å². The fraction of sp³-hybridized carbons (Fsp3) is 0.267. The number of halogens is 1. The minimum atomic E-state index is -0.116. The highest BCUT2D eigenvalue weighted by molar-refractivity contribution is 7.80. The Morgan fingerprint density at radius 1 is 1.00 bits per heavy atom. The van der Waals surface area contributed by atoms with Crippen LogP contribution >= 0.6 is 23.8 Å². The van der Waals surface area contributed by atoms with Gasteiger partial charge in [0.2, 0.25) is 0 Å². The smallest absolute Gasteiger partial charge is 0.174 e. The largest absolute Gasteiger partial charge is 0.491 e. The van der Waals surface area contributed by atoms with Crippen LogP contribution < -0.4 is 15.0 Å². The summed E-state index contributed by atoms with van der Waals surface area (Å²) in [5.74, 6) is 0.837. The fourth-order valence-corrected chi connectivity index (χ4v) is 5.72. The van der Waals surface area contributed by atoms with E-state index in [0.717, 1.165) is 44.8 Å². The molecule has 2 aromatic heterocycles. The molecular weight excluding hydrogens is 500 g/mol. The molecule has 1 saturated heterocycles. The van der Waals surface area contributed by atoms with Gasteiger partial charge >= 0.3 is 0 Å². The van der Waals surface area contributed by atoms with Gasteiger partial charge in [-0.2, -0.15) is 0 Å². The Morgan fingerprint density at radius 3 is 2.43 bits per heavy atom. The first-order valence-corrected chi connectivity index (χ1v) is 13.3. The third-order valence-corrected chi connectivity index (χ3v) is 7.58. The second-order valence-corrected chi connectivity index (χ2v) is 10.5. The summed E-state index contributed by atoms with van der Waals surface area (Å²) < 4.78 is 8.16. The summed E-state index contributed by atoms with van der Waals surface area (Å²) in [5.41, 5.74) is 7.54. The number of hydrogen-bond donors (Lipinski definition) is 1. The monoisotopic (exact) mass is 530 g/mol. The van der Waals surface area contributed by atoms with Crippen molar-refractivity contribution in [1.29, 1.82) is 0 Å². The lowest BCUT2D eigenvalue weighted by molar-refractivity contribution is 0.242. The van der Waals surface area contributed by atoms with Crippen LogP contribution in [0.2, 0.25) is 5.02 Å². The second-order valence-electron chi connectivity index (χ2n) is 9.70. The number of rotatable bonds is 6. The SMILES string of the molecule is Cc1c(Cl)cccc1-n1c(C)cc(C2C(c3ccccn3)NC(=S)N2c2ccc(OC(C)C)cc2)c1C. The van der Waals surface area contributed by atoms with E-state index in [0.29, 0.717) is 5.11 Å². The average Bonchev–Trinajstić information content (AvgIpc) is 3.37. The highest BCUT2D eigenvalue weighted by Crippen LogP contribution is 2.44. The third-order valence-electron chi connectivity index (χ3n) is 6.85. The number of benzene rings is 2. The summed E-state index contributed by atoms with van der Waals surface area (Å²) in [7, 11) is 0. The molecule has 2 aromatic carbocycles. The summed E-state index contributed by atoms with van der Waals surface area (Å²) in [6, 6.07) is 22.2. The highest BCUT2D eigenvalue weighted by Gasteiger charge is 2.42. The second kappa shape index (κ2) is 10.2. The van der Waals surface area contributed by atoms with Gasteiger partial charge in [-0.1, -0.05) is 23.7 Å². The Balaban J connectivity index is 1.64. The lowest BCUT2D eigenvalue weighted by Gasteiger charge is -2.28. The first-order valence-electron chi connectivity index (χ1n) is 12.5. The van der Waals surface area contributed by atoms with Crippen molar-refractivity contribution in [2.45, 2.75) is 52.8 Å². The van der Waals surface area contributed by atoms with Crippen molar-refractivity contribution in [1.82, 2.24) is 14.9 Å². The number of ether oxygens (including phenoxy) is 1. The molecule has 7 heteroatoms. The molecule has 5 rings (SSSR count). The molecule has 3 heterocycles. The highest BCUT2D eigenvalue weighted by atomic mass is 35.5. The zero-order valence-corrected chi connectivity index (χ0v) is 23.3. The predicted octanol–water partition coefficient (Wildman–Crippen LogP) is 7.42. The maximum Gasteiger partial charge on any atom is 0.174 e.